The number of methoxy groups -OCH3 is 1. The molecule has 4 rings (SSSR count). The van der Waals surface area contributed by atoms with E-state index in [4.69, 9.17) is 21.1 Å². The predicted molar refractivity (Wildman–Crippen MR) is 137 cm³/mol. The number of ether oxygens (including phenoxy) is 2. The molecule has 2 heterocycles. The number of likely N-dealkylation sites (tertiary alicyclic amines) is 2. The van der Waals surface area contributed by atoms with Crippen molar-refractivity contribution in [2.24, 2.45) is 5.41 Å². The van der Waals surface area contributed by atoms with Gasteiger partial charge in [0.05, 0.1) is 19.3 Å². The number of aryl methyl sites for hydroxylation is 1. The number of carbonyl (C=O) groups is 2. The van der Waals surface area contributed by atoms with Gasteiger partial charge in [-0.3, -0.25) is 9.59 Å². The number of amides is 2. The fourth-order valence-electron chi connectivity index (χ4n) is 5.21. The van der Waals surface area contributed by atoms with Gasteiger partial charge in [-0.25, -0.2) is 0 Å². The largest absolute Gasteiger partial charge is 0.496 e. The topological polar surface area (TPSA) is 59.1 Å². The van der Waals surface area contributed by atoms with E-state index in [0.717, 1.165) is 50.1 Å². The maximum atomic E-state index is 13.5. The van der Waals surface area contributed by atoms with Crippen LogP contribution in [0.5, 0.6) is 11.5 Å². The lowest BCUT2D eigenvalue weighted by molar-refractivity contribution is -0.136. The lowest BCUT2D eigenvalue weighted by Gasteiger charge is -2.43. The molecule has 0 aliphatic carbocycles. The molecule has 0 aromatic heterocycles. The summed E-state index contributed by atoms with van der Waals surface area (Å²) in [5, 5.41) is 0.693. The summed E-state index contributed by atoms with van der Waals surface area (Å²) in [7, 11) is 1.58. The Morgan fingerprint density at radius 2 is 1.74 bits per heavy atom. The number of para-hydroxylation sites is 1. The second kappa shape index (κ2) is 11.3. The van der Waals surface area contributed by atoms with Gasteiger partial charge >= 0.3 is 0 Å². The van der Waals surface area contributed by atoms with Crippen molar-refractivity contribution in [2.45, 2.75) is 45.4 Å². The van der Waals surface area contributed by atoms with Crippen LogP contribution < -0.4 is 9.47 Å². The highest BCUT2D eigenvalue weighted by Crippen LogP contribution is 2.37. The second-order valence-electron chi connectivity index (χ2n) is 9.85. The number of carbonyl (C=O) groups excluding carboxylic acids is 2. The van der Waals surface area contributed by atoms with Crippen LogP contribution in [0.2, 0.25) is 5.02 Å². The Kier molecular flexibility index (Phi) is 8.22. The Balaban J connectivity index is 1.56. The minimum absolute atomic E-state index is 0.0701. The highest BCUT2D eigenvalue weighted by atomic mass is 35.5. The molecule has 188 valence electrons. The molecule has 0 saturated carbocycles. The van der Waals surface area contributed by atoms with Gasteiger partial charge in [-0.1, -0.05) is 23.7 Å². The molecule has 0 bridgehead atoms. The monoisotopic (exact) mass is 498 g/mol. The van der Waals surface area contributed by atoms with Gasteiger partial charge in [0.2, 0.25) is 5.91 Å². The van der Waals surface area contributed by atoms with Crippen LogP contribution in [-0.2, 0) is 4.79 Å². The second-order valence-corrected chi connectivity index (χ2v) is 10.3. The summed E-state index contributed by atoms with van der Waals surface area (Å²) in [4.78, 5) is 30.7. The third-order valence-electron chi connectivity index (χ3n) is 7.20. The third kappa shape index (κ3) is 6.10. The van der Waals surface area contributed by atoms with Crippen molar-refractivity contribution in [3.8, 4) is 11.5 Å². The van der Waals surface area contributed by atoms with Gasteiger partial charge in [0.15, 0.2) is 0 Å². The minimum atomic E-state index is -0.460. The molecular formula is C28H35ClN2O4. The number of benzene rings is 2. The SMILES string of the molecule is COc1ccccc1C(=O)N1CCCC(COc2ccc(Cl)c(C)c2)(CC(=O)N2CCCCC2)C1. The standard InChI is InChI=1S/C28H35ClN2O4/c1-21-17-22(11-12-24(21)29)35-20-28(18-26(32)30-14-6-3-7-15-30)13-8-16-31(19-28)27(33)23-9-4-5-10-25(23)34-2/h4-5,9-12,17H,3,6-8,13-16,18-20H2,1-2H3. The lowest BCUT2D eigenvalue weighted by atomic mass is 9.77. The van der Waals surface area contributed by atoms with E-state index >= 15 is 0 Å². The quantitative estimate of drug-likeness (QED) is 0.515. The van der Waals surface area contributed by atoms with Gasteiger partial charge in [0.1, 0.15) is 11.5 Å². The maximum Gasteiger partial charge on any atom is 0.257 e. The zero-order chi connectivity index (χ0) is 24.8. The van der Waals surface area contributed by atoms with E-state index in [1.165, 1.54) is 6.42 Å². The Morgan fingerprint density at radius 3 is 2.49 bits per heavy atom. The van der Waals surface area contributed by atoms with Crippen LogP contribution in [0.25, 0.3) is 0 Å². The molecule has 2 aliphatic heterocycles. The molecule has 2 aromatic carbocycles. The van der Waals surface area contributed by atoms with Gasteiger partial charge in [-0.15, -0.1) is 0 Å². The molecule has 0 spiro atoms. The molecule has 1 unspecified atom stereocenters. The van der Waals surface area contributed by atoms with E-state index in [0.29, 0.717) is 42.5 Å². The Bertz CT molecular complexity index is 1050. The molecule has 2 amide bonds. The van der Waals surface area contributed by atoms with Crippen LogP contribution in [0, 0.1) is 12.3 Å². The first kappa shape index (κ1) is 25.4. The van der Waals surface area contributed by atoms with Crippen molar-refractivity contribution in [2.75, 3.05) is 39.9 Å². The summed E-state index contributed by atoms with van der Waals surface area (Å²) in [5.41, 5.74) is 1.03. The van der Waals surface area contributed by atoms with Gasteiger partial charge in [-0.05, 0) is 74.9 Å². The van der Waals surface area contributed by atoms with E-state index in [1.54, 1.807) is 19.2 Å². The number of halogens is 1. The average Bonchev–Trinajstić information content (AvgIpc) is 2.89. The zero-order valence-electron chi connectivity index (χ0n) is 20.7. The van der Waals surface area contributed by atoms with Crippen molar-refractivity contribution < 1.29 is 19.1 Å². The molecule has 2 fully saturated rings. The number of hydrogen-bond donors (Lipinski definition) is 0. The molecule has 1 atom stereocenters. The zero-order valence-corrected chi connectivity index (χ0v) is 21.5. The molecule has 0 N–H and O–H groups in total. The van der Waals surface area contributed by atoms with Gasteiger partial charge < -0.3 is 19.3 Å². The van der Waals surface area contributed by atoms with Crippen molar-refractivity contribution in [3.63, 3.8) is 0 Å². The minimum Gasteiger partial charge on any atom is -0.496 e. The van der Waals surface area contributed by atoms with Crippen molar-refractivity contribution >= 4 is 23.4 Å². The molecule has 7 heteroatoms. The number of nitrogens with zero attached hydrogens (tertiary/aromatic N) is 2. The van der Waals surface area contributed by atoms with E-state index < -0.39 is 5.41 Å². The van der Waals surface area contributed by atoms with E-state index in [9.17, 15) is 9.59 Å². The third-order valence-corrected chi connectivity index (χ3v) is 7.62. The number of rotatable bonds is 7. The summed E-state index contributed by atoms with van der Waals surface area (Å²) >= 11 is 6.19. The van der Waals surface area contributed by atoms with Crippen LogP contribution in [0.3, 0.4) is 0 Å². The fourth-order valence-corrected chi connectivity index (χ4v) is 5.32. The molecule has 2 aromatic rings. The van der Waals surface area contributed by atoms with Gasteiger partial charge in [0, 0.05) is 43.0 Å². The van der Waals surface area contributed by atoms with Gasteiger partial charge in [-0.2, -0.15) is 0 Å². The van der Waals surface area contributed by atoms with Crippen LogP contribution in [0.1, 0.15) is 54.4 Å². The highest BCUT2D eigenvalue weighted by Gasteiger charge is 2.41. The number of piperidine rings is 2. The van der Waals surface area contributed by atoms with E-state index in [-0.39, 0.29) is 11.8 Å². The average molecular weight is 499 g/mol. The maximum absolute atomic E-state index is 13.5. The Labute approximate surface area is 213 Å². The Hall–Kier alpha value is -2.73. The molecular weight excluding hydrogens is 464 g/mol. The van der Waals surface area contributed by atoms with Crippen molar-refractivity contribution in [3.05, 3.63) is 58.6 Å². The first-order chi connectivity index (χ1) is 16.9. The van der Waals surface area contributed by atoms with E-state index in [2.05, 4.69) is 0 Å². The molecule has 6 nitrogen and oxygen atoms in total. The molecule has 0 radical (unpaired) electrons. The van der Waals surface area contributed by atoms with Crippen molar-refractivity contribution in [1.29, 1.82) is 0 Å². The summed E-state index contributed by atoms with van der Waals surface area (Å²) in [6.07, 6.45) is 5.30. The molecule has 35 heavy (non-hydrogen) atoms. The highest BCUT2D eigenvalue weighted by molar-refractivity contribution is 6.31. The van der Waals surface area contributed by atoms with Gasteiger partial charge in [0.25, 0.3) is 5.91 Å². The summed E-state index contributed by atoms with van der Waals surface area (Å²) < 4.78 is 11.7. The summed E-state index contributed by atoms with van der Waals surface area (Å²) in [6, 6.07) is 12.9. The number of hydrogen-bond acceptors (Lipinski definition) is 4. The van der Waals surface area contributed by atoms with Crippen LogP contribution in [0.15, 0.2) is 42.5 Å². The first-order valence-corrected chi connectivity index (χ1v) is 12.9. The molecule has 2 aliphatic rings. The Morgan fingerprint density at radius 1 is 1.00 bits per heavy atom. The smallest absolute Gasteiger partial charge is 0.257 e. The normalized spacial score (nSPS) is 20.4. The predicted octanol–water partition coefficient (Wildman–Crippen LogP) is 5.36. The molecule has 2 saturated heterocycles. The lowest BCUT2D eigenvalue weighted by Crippen LogP contribution is -2.51. The van der Waals surface area contributed by atoms with Crippen LogP contribution in [-0.4, -0.2) is 61.5 Å². The van der Waals surface area contributed by atoms with Crippen LogP contribution in [0.4, 0.5) is 0 Å². The summed E-state index contributed by atoms with van der Waals surface area (Å²) in [5.74, 6) is 1.38. The fraction of sp³-hybridized carbons (Fsp3) is 0.500. The van der Waals surface area contributed by atoms with E-state index in [1.807, 2.05) is 47.1 Å². The summed E-state index contributed by atoms with van der Waals surface area (Å²) in [6.45, 7) is 5.06. The first-order valence-electron chi connectivity index (χ1n) is 12.5. The van der Waals surface area contributed by atoms with Crippen LogP contribution >= 0.6 is 11.6 Å². The van der Waals surface area contributed by atoms with Crippen molar-refractivity contribution in [1.82, 2.24) is 9.80 Å².